The van der Waals surface area contributed by atoms with Crippen LogP contribution in [-0.2, 0) is 21.2 Å². The molecule has 0 aliphatic carbocycles. The lowest BCUT2D eigenvalue weighted by atomic mass is 10.1. The van der Waals surface area contributed by atoms with E-state index in [1.807, 2.05) is 0 Å². The summed E-state index contributed by atoms with van der Waals surface area (Å²) < 4.78 is 29.8. The highest BCUT2D eigenvalue weighted by atomic mass is 32.2. The first-order valence-electron chi connectivity index (χ1n) is 7.30. The molecule has 1 amide bonds. The SMILES string of the molecule is CN(C)S(=O)(=O)c1cc(C(=O)NC(Cc2ccccc2)C(=O)O)co1. The summed E-state index contributed by atoms with van der Waals surface area (Å²) in [7, 11) is -1.15. The lowest BCUT2D eigenvalue weighted by molar-refractivity contribution is -0.139. The largest absolute Gasteiger partial charge is 0.480 e. The highest BCUT2D eigenvalue weighted by Gasteiger charge is 2.26. The third-order valence-electron chi connectivity index (χ3n) is 3.46. The minimum Gasteiger partial charge on any atom is -0.480 e. The molecule has 0 spiro atoms. The first-order valence-corrected chi connectivity index (χ1v) is 8.74. The van der Waals surface area contributed by atoms with E-state index in [0.717, 1.165) is 22.2 Å². The van der Waals surface area contributed by atoms with Gasteiger partial charge < -0.3 is 14.8 Å². The van der Waals surface area contributed by atoms with Crippen molar-refractivity contribution in [1.29, 1.82) is 0 Å². The molecule has 0 fully saturated rings. The van der Waals surface area contributed by atoms with Crippen molar-refractivity contribution in [2.24, 2.45) is 0 Å². The van der Waals surface area contributed by atoms with Crippen molar-refractivity contribution in [1.82, 2.24) is 9.62 Å². The van der Waals surface area contributed by atoms with Crippen LogP contribution in [0.4, 0.5) is 0 Å². The van der Waals surface area contributed by atoms with Crippen LogP contribution >= 0.6 is 0 Å². The third-order valence-corrected chi connectivity index (χ3v) is 5.14. The van der Waals surface area contributed by atoms with Gasteiger partial charge in [-0.2, -0.15) is 0 Å². The van der Waals surface area contributed by atoms with Crippen LogP contribution in [0.5, 0.6) is 0 Å². The fourth-order valence-corrected chi connectivity index (χ4v) is 2.85. The van der Waals surface area contributed by atoms with Crippen LogP contribution in [0, 0.1) is 0 Å². The number of hydrogen-bond acceptors (Lipinski definition) is 5. The van der Waals surface area contributed by atoms with Gasteiger partial charge >= 0.3 is 5.97 Å². The average molecular weight is 366 g/mol. The summed E-state index contributed by atoms with van der Waals surface area (Å²) in [4.78, 5) is 23.6. The zero-order chi connectivity index (χ0) is 18.6. The Kier molecular flexibility index (Phi) is 5.60. The van der Waals surface area contributed by atoms with E-state index in [9.17, 15) is 23.1 Å². The monoisotopic (exact) mass is 366 g/mol. The second-order valence-electron chi connectivity index (χ2n) is 5.50. The normalized spacial score (nSPS) is 12.8. The molecule has 0 aliphatic heterocycles. The molecule has 25 heavy (non-hydrogen) atoms. The van der Waals surface area contributed by atoms with Crippen LogP contribution in [0.15, 0.2) is 52.2 Å². The Balaban J connectivity index is 2.14. The van der Waals surface area contributed by atoms with E-state index in [2.05, 4.69) is 5.32 Å². The Morgan fingerprint density at radius 2 is 1.88 bits per heavy atom. The maximum absolute atomic E-state index is 12.2. The van der Waals surface area contributed by atoms with Crippen LogP contribution in [0.1, 0.15) is 15.9 Å². The number of benzene rings is 1. The molecule has 134 valence electrons. The maximum Gasteiger partial charge on any atom is 0.326 e. The van der Waals surface area contributed by atoms with E-state index in [1.54, 1.807) is 30.3 Å². The van der Waals surface area contributed by atoms with E-state index in [4.69, 9.17) is 4.42 Å². The predicted molar refractivity (Wildman–Crippen MR) is 88.6 cm³/mol. The molecule has 0 radical (unpaired) electrons. The number of carboxylic acid groups (broad SMARTS) is 1. The van der Waals surface area contributed by atoms with Crippen LogP contribution in [0.25, 0.3) is 0 Å². The molecule has 2 N–H and O–H groups in total. The smallest absolute Gasteiger partial charge is 0.326 e. The standard InChI is InChI=1S/C16H18N2O6S/c1-18(2)25(22,23)14-9-12(10-24-14)15(19)17-13(16(20)21)8-11-6-4-3-5-7-11/h3-7,9-10,13H,8H2,1-2H3,(H,17,19)(H,20,21). The second-order valence-corrected chi connectivity index (χ2v) is 7.58. The van der Waals surface area contributed by atoms with E-state index in [0.29, 0.717) is 0 Å². The number of sulfonamides is 1. The number of carboxylic acids is 1. The molecule has 0 saturated carbocycles. The quantitative estimate of drug-likeness (QED) is 0.754. The van der Waals surface area contributed by atoms with Gasteiger partial charge in [0, 0.05) is 26.6 Å². The lowest BCUT2D eigenvalue weighted by Gasteiger charge is -2.14. The molecule has 1 aromatic carbocycles. The number of nitrogens with zero attached hydrogens (tertiary/aromatic N) is 1. The number of furan rings is 1. The van der Waals surface area contributed by atoms with E-state index >= 15 is 0 Å². The molecule has 9 heteroatoms. The van der Waals surface area contributed by atoms with Gasteiger partial charge in [-0.05, 0) is 5.56 Å². The number of nitrogens with one attached hydrogen (secondary N) is 1. The number of rotatable bonds is 7. The van der Waals surface area contributed by atoms with Crippen LogP contribution < -0.4 is 5.32 Å². The molecule has 8 nitrogen and oxygen atoms in total. The molecular weight excluding hydrogens is 348 g/mol. The minimum atomic E-state index is -3.81. The highest BCUT2D eigenvalue weighted by Crippen LogP contribution is 2.17. The summed E-state index contributed by atoms with van der Waals surface area (Å²) in [5, 5.41) is 11.3. The first-order chi connectivity index (χ1) is 11.7. The topological polar surface area (TPSA) is 117 Å². The number of carbonyl (C=O) groups is 2. The summed E-state index contributed by atoms with van der Waals surface area (Å²) in [6, 6.07) is 8.75. The Hall–Kier alpha value is -2.65. The molecule has 1 heterocycles. The fourth-order valence-electron chi connectivity index (χ4n) is 2.04. The molecule has 0 bridgehead atoms. The van der Waals surface area contributed by atoms with E-state index in [1.165, 1.54) is 14.1 Å². The summed E-state index contributed by atoms with van der Waals surface area (Å²) in [6.07, 6.45) is 1.08. The van der Waals surface area contributed by atoms with Crippen LogP contribution in [0.3, 0.4) is 0 Å². The van der Waals surface area contributed by atoms with Gasteiger partial charge in [-0.1, -0.05) is 30.3 Å². The predicted octanol–water partition coefficient (Wildman–Crippen LogP) is 0.956. The second kappa shape index (κ2) is 7.49. The van der Waals surface area contributed by atoms with Crippen molar-refractivity contribution in [3.8, 4) is 0 Å². The Morgan fingerprint density at radius 1 is 1.24 bits per heavy atom. The first kappa shape index (κ1) is 18.7. The van der Waals surface area contributed by atoms with E-state index in [-0.39, 0.29) is 12.0 Å². The van der Waals surface area contributed by atoms with Crippen molar-refractivity contribution >= 4 is 21.9 Å². The summed E-state index contributed by atoms with van der Waals surface area (Å²) in [5.41, 5.74) is 0.679. The van der Waals surface area contributed by atoms with Gasteiger partial charge in [0.1, 0.15) is 12.3 Å². The number of hydrogen-bond donors (Lipinski definition) is 2. The van der Waals surface area contributed by atoms with Gasteiger partial charge in [-0.3, -0.25) is 4.79 Å². The van der Waals surface area contributed by atoms with Crippen molar-refractivity contribution in [3.05, 3.63) is 53.8 Å². The Morgan fingerprint density at radius 3 is 2.44 bits per heavy atom. The number of carbonyl (C=O) groups excluding carboxylic acids is 1. The molecule has 2 aromatic rings. The third kappa shape index (κ3) is 4.46. The maximum atomic E-state index is 12.2. The molecule has 0 aliphatic rings. The van der Waals surface area contributed by atoms with Gasteiger partial charge in [0.25, 0.3) is 15.9 Å². The van der Waals surface area contributed by atoms with Crippen molar-refractivity contribution in [3.63, 3.8) is 0 Å². The number of amides is 1. The molecule has 0 saturated heterocycles. The van der Waals surface area contributed by atoms with Crippen LogP contribution in [-0.4, -0.2) is 49.8 Å². The summed E-state index contributed by atoms with van der Waals surface area (Å²) >= 11 is 0. The van der Waals surface area contributed by atoms with Crippen molar-refractivity contribution in [2.75, 3.05) is 14.1 Å². The number of aliphatic carboxylic acids is 1. The fraction of sp³-hybridized carbons (Fsp3) is 0.250. The van der Waals surface area contributed by atoms with Gasteiger partial charge in [0.05, 0.1) is 5.56 Å². The molecule has 2 rings (SSSR count). The molecule has 1 atom stereocenters. The van der Waals surface area contributed by atoms with Gasteiger partial charge in [-0.25, -0.2) is 17.5 Å². The molecule has 1 aromatic heterocycles. The zero-order valence-electron chi connectivity index (χ0n) is 13.7. The van der Waals surface area contributed by atoms with Crippen LogP contribution in [0.2, 0.25) is 0 Å². The average Bonchev–Trinajstić information content (AvgIpc) is 3.05. The van der Waals surface area contributed by atoms with Gasteiger partial charge in [-0.15, -0.1) is 0 Å². The highest BCUT2D eigenvalue weighted by molar-refractivity contribution is 7.88. The molecular formula is C16H18N2O6S. The molecule has 1 unspecified atom stereocenters. The lowest BCUT2D eigenvalue weighted by Crippen LogP contribution is -2.42. The van der Waals surface area contributed by atoms with Crippen molar-refractivity contribution < 1.29 is 27.5 Å². The zero-order valence-corrected chi connectivity index (χ0v) is 14.5. The van der Waals surface area contributed by atoms with Gasteiger partial charge in [0.2, 0.25) is 5.09 Å². The summed E-state index contributed by atoms with van der Waals surface area (Å²) in [5.74, 6) is -1.92. The summed E-state index contributed by atoms with van der Waals surface area (Å²) in [6.45, 7) is 0. The van der Waals surface area contributed by atoms with E-state index < -0.39 is 33.0 Å². The minimum absolute atomic E-state index is 0.0697. The van der Waals surface area contributed by atoms with Crippen molar-refractivity contribution in [2.45, 2.75) is 17.6 Å². The van der Waals surface area contributed by atoms with Gasteiger partial charge in [0.15, 0.2) is 0 Å². The Labute approximate surface area is 145 Å². The Bertz CT molecular complexity index is 858.